The maximum absolute atomic E-state index is 6.12. The summed E-state index contributed by atoms with van der Waals surface area (Å²) in [5, 5.41) is 3.58. The topological polar surface area (TPSA) is 38.0 Å². The Balaban J connectivity index is 1.69. The molecule has 0 aromatic heterocycles. The first-order valence-electron chi connectivity index (χ1n) is 6.37. The highest BCUT2D eigenvalue weighted by atomic mass is 14.9. The fourth-order valence-electron chi connectivity index (χ4n) is 2.44. The minimum Gasteiger partial charge on any atom is -0.326 e. The van der Waals surface area contributed by atoms with Gasteiger partial charge < -0.3 is 11.1 Å². The molecule has 1 aliphatic carbocycles. The van der Waals surface area contributed by atoms with Crippen LogP contribution in [0.1, 0.15) is 31.2 Å². The van der Waals surface area contributed by atoms with E-state index in [9.17, 15) is 0 Å². The van der Waals surface area contributed by atoms with Gasteiger partial charge in [-0.15, -0.1) is 0 Å². The fourth-order valence-corrected chi connectivity index (χ4v) is 2.44. The van der Waals surface area contributed by atoms with Crippen LogP contribution >= 0.6 is 0 Å². The average Bonchev–Trinajstić information content (AvgIpc) is 2.81. The molecule has 0 heterocycles. The lowest BCUT2D eigenvalue weighted by Gasteiger charge is -2.16. The van der Waals surface area contributed by atoms with Crippen molar-refractivity contribution in [3.8, 4) is 0 Å². The fraction of sp³-hybridized carbons (Fsp3) is 0.571. The van der Waals surface area contributed by atoms with Crippen molar-refractivity contribution in [3.63, 3.8) is 0 Å². The summed E-state index contributed by atoms with van der Waals surface area (Å²) >= 11 is 0. The third-order valence-electron chi connectivity index (χ3n) is 3.36. The molecular formula is C14H22N2. The molecule has 1 fully saturated rings. The van der Waals surface area contributed by atoms with E-state index < -0.39 is 0 Å². The number of benzene rings is 1. The lowest BCUT2D eigenvalue weighted by atomic mass is 10.1. The molecule has 0 amide bonds. The zero-order chi connectivity index (χ0) is 11.2. The van der Waals surface area contributed by atoms with Crippen LogP contribution in [0.15, 0.2) is 30.3 Å². The van der Waals surface area contributed by atoms with Crippen LogP contribution in [-0.2, 0) is 6.42 Å². The third kappa shape index (κ3) is 3.62. The number of nitrogens with two attached hydrogens (primary N) is 1. The first-order valence-corrected chi connectivity index (χ1v) is 6.37. The van der Waals surface area contributed by atoms with Gasteiger partial charge in [0.25, 0.3) is 0 Å². The standard InChI is InChI=1S/C14H22N2/c15-13(10-12-6-2-1-3-7-12)11-16-14-8-4-5-9-14/h1-3,6-7,13-14,16H,4-5,8-11,15H2. The molecule has 0 saturated heterocycles. The second kappa shape index (κ2) is 6.02. The van der Waals surface area contributed by atoms with Gasteiger partial charge in [-0.2, -0.15) is 0 Å². The normalized spacial score (nSPS) is 18.8. The maximum Gasteiger partial charge on any atom is 0.0206 e. The molecule has 0 spiro atoms. The van der Waals surface area contributed by atoms with Gasteiger partial charge in [0.05, 0.1) is 0 Å². The van der Waals surface area contributed by atoms with Crippen molar-refractivity contribution in [2.45, 2.75) is 44.2 Å². The third-order valence-corrected chi connectivity index (χ3v) is 3.36. The monoisotopic (exact) mass is 218 g/mol. The van der Waals surface area contributed by atoms with E-state index in [4.69, 9.17) is 5.73 Å². The van der Waals surface area contributed by atoms with Crippen molar-refractivity contribution < 1.29 is 0 Å². The summed E-state index contributed by atoms with van der Waals surface area (Å²) in [7, 11) is 0. The maximum atomic E-state index is 6.12. The highest BCUT2D eigenvalue weighted by Gasteiger charge is 2.15. The minimum atomic E-state index is 0.239. The molecule has 1 aromatic rings. The SMILES string of the molecule is NC(CNC1CCCC1)Cc1ccccc1. The van der Waals surface area contributed by atoms with Crippen molar-refractivity contribution in [2.24, 2.45) is 5.73 Å². The van der Waals surface area contributed by atoms with Crippen molar-refractivity contribution in [1.29, 1.82) is 0 Å². The quantitative estimate of drug-likeness (QED) is 0.794. The van der Waals surface area contributed by atoms with Crippen LogP contribution < -0.4 is 11.1 Å². The zero-order valence-electron chi connectivity index (χ0n) is 9.86. The second-order valence-electron chi connectivity index (χ2n) is 4.84. The molecule has 3 N–H and O–H groups in total. The lowest BCUT2D eigenvalue weighted by molar-refractivity contribution is 0.484. The van der Waals surface area contributed by atoms with Gasteiger partial charge in [-0.3, -0.25) is 0 Å². The van der Waals surface area contributed by atoms with Gasteiger partial charge in [0.15, 0.2) is 0 Å². The van der Waals surface area contributed by atoms with E-state index in [1.165, 1.54) is 31.2 Å². The molecule has 1 saturated carbocycles. The molecule has 1 atom stereocenters. The zero-order valence-corrected chi connectivity index (χ0v) is 9.86. The molecule has 2 nitrogen and oxygen atoms in total. The molecule has 0 aliphatic heterocycles. The van der Waals surface area contributed by atoms with Crippen molar-refractivity contribution in [2.75, 3.05) is 6.54 Å². The van der Waals surface area contributed by atoms with Gasteiger partial charge in [-0.25, -0.2) is 0 Å². The molecule has 1 aromatic carbocycles. The second-order valence-corrected chi connectivity index (χ2v) is 4.84. The summed E-state index contributed by atoms with van der Waals surface area (Å²) in [6.07, 6.45) is 6.40. The highest BCUT2D eigenvalue weighted by molar-refractivity contribution is 5.15. The molecular weight excluding hydrogens is 196 g/mol. The summed E-state index contributed by atoms with van der Waals surface area (Å²) in [5.41, 5.74) is 7.46. The van der Waals surface area contributed by atoms with E-state index >= 15 is 0 Å². The van der Waals surface area contributed by atoms with Crippen LogP contribution in [0.4, 0.5) is 0 Å². The Bertz CT molecular complexity index is 291. The van der Waals surface area contributed by atoms with Gasteiger partial charge in [0.1, 0.15) is 0 Å². The summed E-state index contributed by atoms with van der Waals surface area (Å²) in [4.78, 5) is 0. The predicted octanol–water partition coefficient (Wildman–Crippen LogP) is 2.09. The summed E-state index contributed by atoms with van der Waals surface area (Å²) in [5.74, 6) is 0. The van der Waals surface area contributed by atoms with Gasteiger partial charge in [0, 0.05) is 18.6 Å². The van der Waals surface area contributed by atoms with Crippen molar-refractivity contribution in [3.05, 3.63) is 35.9 Å². The molecule has 1 aliphatic rings. The molecule has 0 bridgehead atoms. The van der Waals surface area contributed by atoms with E-state index in [2.05, 4.69) is 29.6 Å². The van der Waals surface area contributed by atoms with Gasteiger partial charge >= 0.3 is 0 Å². The highest BCUT2D eigenvalue weighted by Crippen LogP contribution is 2.17. The molecule has 88 valence electrons. The van der Waals surface area contributed by atoms with E-state index in [0.717, 1.165) is 19.0 Å². The van der Waals surface area contributed by atoms with Crippen LogP contribution in [0.2, 0.25) is 0 Å². The molecule has 0 radical (unpaired) electrons. The van der Waals surface area contributed by atoms with Crippen LogP contribution in [-0.4, -0.2) is 18.6 Å². The van der Waals surface area contributed by atoms with E-state index in [0.29, 0.717) is 0 Å². The smallest absolute Gasteiger partial charge is 0.0206 e. The molecule has 2 rings (SSSR count). The summed E-state index contributed by atoms with van der Waals surface area (Å²) in [6, 6.07) is 11.5. The number of rotatable bonds is 5. The van der Waals surface area contributed by atoms with Crippen LogP contribution in [0, 0.1) is 0 Å². The van der Waals surface area contributed by atoms with Crippen molar-refractivity contribution >= 4 is 0 Å². The first kappa shape index (κ1) is 11.6. The Hall–Kier alpha value is -0.860. The van der Waals surface area contributed by atoms with E-state index in [-0.39, 0.29) is 6.04 Å². The molecule has 16 heavy (non-hydrogen) atoms. The number of nitrogens with one attached hydrogen (secondary N) is 1. The van der Waals surface area contributed by atoms with E-state index in [1.54, 1.807) is 0 Å². The largest absolute Gasteiger partial charge is 0.326 e. The average molecular weight is 218 g/mol. The first-order chi connectivity index (χ1) is 7.84. The Kier molecular flexibility index (Phi) is 4.37. The van der Waals surface area contributed by atoms with Crippen LogP contribution in [0.25, 0.3) is 0 Å². The molecule has 1 unspecified atom stereocenters. The Morgan fingerprint density at radius 3 is 2.56 bits per heavy atom. The van der Waals surface area contributed by atoms with Gasteiger partial charge in [-0.05, 0) is 24.8 Å². The van der Waals surface area contributed by atoms with Crippen molar-refractivity contribution in [1.82, 2.24) is 5.32 Å². The Morgan fingerprint density at radius 2 is 1.88 bits per heavy atom. The van der Waals surface area contributed by atoms with Gasteiger partial charge in [-0.1, -0.05) is 43.2 Å². The lowest BCUT2D eigenvalue weighted by Crippen LogP contribution is -2.39. The van der Waals surface area contributed by atoms with Gasteiger partial charge in [0.2, 0.25) is 0 Å². The van der Waals surface area contributed by atoms with Crippen LogP contribution in [0.5, 0.6) is 0 Å². The minimum absolute atomic E-state index is 0.239. The number of hydrogen-bond acceptors (Lipinski definition) is 2. The Morgan fingerprint density at radius 1 is 1.19 bits per heavy atom. The number of hydrogen-bond donors (Lipinski definition) is 2. The van der Waals surface area contributed by atoms with Crippen LogP contribution in [0.3, 0.4) is 0 Å². The summed E-state index contributed by atoms with van der Waals surface area (Å²) < 4.78 is 0. The summed E-state index contributed by atoms with van der Waals surface area (Å²) in [6.45, 7) is 0.944. The Labute approximate surface area is 98.2 Å². The van der Waals surface area contributed by atoms with E-state index in [1.807, 2.05) is 6.07 Å². The molecule has 2 heteroatoms. The predicted molar refractivity (Wildman–Crippen MR) is 68.4 cm³/mol.